The fourth-order valence-corrected chi connectivity index (χ4v) is 3.66. The normalized spacial score (nSPS) is 17.6. The Morgan fingerprint density at radius 2 is 2.20 bits per heavy atom. The second kappa shape index (κ2) is 7.17. The van der Waals surface area contributed by atoms with Crippen LogP contribution in [0.2, 0.25) is 0 Å². The molecular weight excluding hydrogens is 272 g/mol. The first-order chi connectivity index (χ1) is 9.58. The summed E-state index contributed by atoms with van der Waals surface area (Å²) in [7, 11) is 4.34. The van der Waals surface area contributed by atoms with Gasteiger partial charge in [-0.2, -0.15) is 0 Å². The number of hydrazine groups is 1. The monoisotopic (exact) mass is 296 g/mol. The van der Waals surface area contributed by atoms with Gasteiger partial charge in [0.1, 0.15) is 0 Å². The van der Waals surface area contributed by atoms with Gasteiger partial charge in [0.15, 0.2) is 0 Å². The molecule has 20 heavy (non-hydrogen) atoms. The number of rotatable bonds is 5. The van der Waals surface area contributed by atoms with Crippen LogP contribution >= 0.6 is 11.3 Å². The number of nitrogen functional groups attached to an aromatic ring is 1. The van der Waals surface area contributed by atoms with E-state index in [1.807, 2.05) is 12.1 Å². The zero-order chi connectivity index (χ0) is 14.5. The van der Waals surface area contributed by atoms with Gasteiger partial charge in [0, 0.05) is 18.0 Å². The first-order valence-electron chi connectivity index (χ1n) is 7.05. The van der Waals surface area contributed by atoms with Crippen LogP contribution in [0.5, 0.6) is 0 Å². The molecule has 0 saturated carbocycles. The van der Waals surface area contributed by atoms with E-state index in [2.05, 4.69) is 29.3 Å². The van der Waals surface area contributed by atoms with Crippen molar-refractivity contribution >= 4 is 17.2 Å². The molecular formula is C14H24N4OS. The molecule has 1 saturated heterocycles. The molecule has 0 aliphatic carbocycles. The average Bonchev–Trinajstić information content (AvgIpc) is 2.89. The zero-order valence-corrected chi connectivity index (χ0v) is 13.1. The van der Waals surface area contributed by atoms with Crippen molar-refractivity contribution in [2.45, 2.75) is 19.4 Å². The number of likely N-dealkylation sites (tertiary alicyclic amines) is 1. The van der Waals surface area contributed by atoms with Crippen LogP contribution in [0.15, 0.2) is 12.1 Å². The lowest BCUT2D eigenvalue weighted by Crippen LogP contribution is -2.35. The molecule has 0 atom stereocenters. The van der Waals surface area contributed by atoms with Gasteiger partial charge in [0.2, 0.25) is 0 Å². The van der Waals surface area contributed by atoms with E-state index in [0.717, 1.165) is 19.0 Å². The van der Waals surface area contributed by atoms with Crippen molar-refractivity contribution in [1.29, 1.82) is 0 Å². The molecule has 1 aliphatic heterocycles. The Balaban J connectivity index is 1.80. The topological polar surface area (TPSA) is 61.6 Å². The Kier molecular flexibility index (Phi) is 5.54. The molecule has 0 bridgehead atoms. The molecule has 0 radical (unpaired) electrons. The van der Waals surface area contributed by atoms with Crippen LogP contribution in [-0.4, -0.2) is 49.4 Å². The first kappa shape index (κ1) is 15.4. The molecule has 3 N–H and O–H groups in total. The average molecular weight is 296 g/mol. The van der Waals surface area contributed by atoms with E-state index in [1.165, 1.54) is 42.1 Å². The van der Waals surface area contributed by atoms with Crippen molar-refractivity contribution in [3.63, 3.8) is 0 Å². The van der Waals surface area contributed by atoms with Gasteiger partial charge in [-0.05, 0) is 58.1 Å². The van der Waals surface area contributed by atoms with Crippen molar-refractivity contribution in [3.05, 3.63) is 21.9 Å². The molecule has 1 aromatic heterocycles. The molecule has 1 aromatic rings. The highest BCUT2D eigenvalue weighted by Gasteiger charge is 2.18. The van der Waals surface area contributed by atoms with Crippen LogP contribution in [0.25, 0.3) is 0 Å². The summed E-state index contributed by atoms with van der Waals surface area (Å²) >= 11 is 1.51. The van der Waals surface area contributed by atoms with Crippen molar-refractivity contribution in [3.8, 4) is 0 Å². The van der Waals surface area contributed by atoms with Crippen molar-refractivity contribution in [2.75, 3.05) is 33.7 Å². The van der Waals surface area contributed by atoms with Gasteiger partial charge in [-0.3, -0.25) is 10.2 Å². The quantitative estimate of drug-likeness (QED) is 0.486. The lowest BCUT2D eigenvalue weighted by molar-refractivity contribution is 0.0957. The number of carbonyl (C=O) groups excluding carboxylic acids is 1. The summed E-state index contributed by atoms with van der Waals surface area (Å²) in [6.45, 7) is 4.44. The number of piperidine rings is 1. The molecule has 0 aromatic carbocycles. The smallest absolute Gasteiger partial charge is 0.275 e. The molecule has 5 nitrogen and oxygen atoms in total. The SMILES string of the molecule is CN1CCC(CN(C)Cc2ccc(C(=O)NN)s2)CC1. The van der Waals surface area contributed by atoms with E-state index in [-0.39, 0.29) is 5.91 Å². The van der Waals surface area contributed by atoms with Crippen LogP contribution in [0.3, 0.4) is 0 Å². The lowest BCUT2D eigenvalue weighted by Gasteiger charge is -2.31. The van der Waals surface area contributed by atoms with E-state index < -0.39 is 0 Å². The van der Waals surface area contributed by atoms with Crippen LogP contribution in [0.1, 0.15) is 27.4 Å². The molecule has 2 heterocycles. The molecule has 2 rings (SSSR count). The second-order valence-electron chi connectivity index (χ2n) is 5.68. The van der Waals surface area contributed by atoms with Crippen LogP contribution in [0, 0.1) is 5.92 Å². The first-order valence-corrected chi connectivity index (χ1v) is 7.87. The third-order valence-corrected chi connectivity index (χ3v) is 4.92. The van der Waals surface area contributed by atoms with Gasteiger partial charge >= 0.3 is 0 Å². The van der Waals surface area contributed by atoms with Gasteiger partial charge in [-0.1, -0.05) is 0 Å². The van der Waals surface area contributed by atoms with Crippen LogP contribution in [-0.2, 0) is 6.54 Å². The second-order valence-corrected chi connectivity index (χ2v) is 6.85. The zero-order valence-electron chi connectivity index (χ0n) is 12.3. The van der Waals surface area contributed by atoms with Crippen LogP contribution < -0.4 is 11.3 Å². The van der Waals surface area contributed by atoms with E-state index in [0.29, 0.717) is 4.88 Å². The summed E-state index contributed by atoms with van der Waals surface area (Å²) in [5, 5.41) is 0. The highest BCUT2D eigenvalue weighted by Crippen LogP contribution is 2.20. The Hall–Kier alpha value is -0.950. The molecule has 0 unspecified atom stereocenters. The fourth-order valence-electron chi connectivity index (χ4n) is 2.67. The predicted molar refractivity (Wildman–Crippen MR) is 82.5 cm³/mol. The maximum atomic E-state index is 11.4. The minimum Gasteiger partial charge on any atom is -0.306 e. The van der Waals surface area contributed by atoms with Crippen molar-refractivity contribution in [2.24, 2.45) is 11.8 Å². The Morgan fingerprint density at radius 1 is 1.50 bits per heavy atom. The van der Waals surface area contributed by atoms with E-state index >= 15 is 0 Å². The Bertz CT molecular complexity index is 440. The summed E-state index contributed by atoms with van der Waals surface area (Å²) in [5.41, 5.74) is 2.17. The molecule has 6 heteroatoms. The summed E-state index contributed by atoms with van der Waals surface area (Å²) in [6.07, 6.45) is 2.57. The van der Waals surface area contributed by atoms with Crippen molar-refractivity contribution in [1.82, 2.24) is 15.2 Å². The molecule has 1 amide bonds. The lowest BCUT2D eigenvalue weighted by atomic mass is 9.97. The van der Waals surface area contributed by atoms with Gasteiger partial charge in [-0.15, -0.1) is 11.3 Å². The van der Waals surface area contributed by atoms with Gasteiger partial charge < -0.3 is 9.80 Å². The summed E-state index contributed by atoms with van der Waals surface area (Å²) in [5.74, 6) is 5.73. The van der Waals surface area contributed by atoms with Crippen LogP contribution in [0.4, 0.5) is 0 Å². The third-order valence-electron chi connectivity index (χ3n) is 3.85. The number of nitrogens with zero attached hydrogens (tertiary/aromatic N) is 2. The van der Waals surface area contributed by atoms with E-state index in [1.54, 1.807) is 0 Å². The standard InChI is InChI=1S/C14H24N4OS/c1-17-7-5-11(6-8-17)9-18(2)10-12-3-4-13(20-12)14(19)16-15/h3-4,11H,5-10,15H2,1-2H3,(H,16,19). The fraction of sp³-hybridized carbons (Fsp3) is 0.643. The number of carbonyl (C=O) groups is 1. The summed E-state index contributed by atoms with van der Waals surface area (Å²) in [4.78, 5) is 18.0. The Labute approximate surface area is 124 Å². The number of hydrogen-bond donors (Lipinski definition) is 2. The molecule has 1 aliphatic rings. The number of nitrogens with one attached hydrogen (secondary N) is 1. The minimum atomic E-state index is -0.209. The third kappa shape index (κ3) is 4.28. The predicted octanol–water partition coefficient (Wildman–Crippen LogP) is 1.13. The number of nitrogens with two attached hydrogens (primary N) is 1. The van der Waals surface area contributed by atoms with Gasteiger partial charge in [0.25, 0.3) is 5.91 Å². The molecule has 112 valence electrons. The Morgan fingerprint density at radius 3 is 2.85 bits per heavy atom. The van der Waals surface area contributed by atoms with Gasteiger partial charge in [0.05, 0.1) is 4.88 Å². The number of thiophene rings is 1. The van der Waals surface area contributed by atoms with Gasteiger partial charge in [-0.25, -0.2) is 5.84 Å². The minimum absolute atomic E-state index is 0.209. The molecule has 0 spiro atoms. The van der Waals surface area contributed by atoms with Crippen molar-refractivity contribution < 1.29 is 4.79 Å². The highest BCUT2D eigenvalue weighted by atomic mass is 32.1. The highest BCUT2D eigenvalue weighted by molar-refractivity contribution is 7.14. The number of hydrogen-bond acceptors (Lipinski definition) is 5. The largest absolute Gasteiger partial charge is 0.306 e. The maximum Gasteiger partial charge on any atom is 0.275 e. The molecule has 1 fully saturated rings. The summed E-state index contributed by atoms with van der Waals surface area (Å²) < 4.78 is 0. The summed E-state index contributed by atoms with van der Waals surface area (Å²) in [6, 6.07) is 3.85. The number of amides is 1. The van der Waals surface area contributed by atoms with E-state index in [9.17, 15) is 4.79 Å². The maximum absolute atomic E-state index is 11.4. The van der Waals surface area contributed by atoms with E-state index in [4.69, 9.17) is 5.84 Å².